The predicted octanol–water partition coefficient (Wildman–Crippen LogP) is 2.09. The van der Waals surface area contributed by atoms with E-state index >= 15 is 0 Å². The maximum atomic E-state index is 10.2. The van der Waals surface area contributed by atoms with Crippen LogP contribution in [0.3, 0.4) is 0 Å². The van der Waals surface area contributed by atoms with Gasteiger partial charge in [0.2, 0.25) is 0 Å². The minimum Gasteiger partial charge on any atom is -0.385 e. The van der Waals surface area contributed by atoms with Gasteiger partial charge in [0.25, 0.3) is 0 Å². The number of nitrogens with one attached hydrogen (secondary N) is 1. The van der Waals surface area contributed by atoms with Crippen LogP contribution in [0.2, 0.25) is 0 Å². The van der Waals surface area contributed by atoms with Crippen molar-refractivity contribution >= 4 is 10.9 Å². The van der Waals surface area contributed by atoms with Crippen molar-refractivity contribution in [2.45, 2.75) is 25.5 Å². The molecule has 0 fully saturated rings. The number of aryl methyl sites for hydroxylation is 1. The van der Waals surface area contributed by atoms with Gasteiger partial charge < -0.3 is 15.0 Å². The molecule has 17 heavy (non-hydrogen) atoms. The van der Waals surface area contributed by atoms with Gasteiger partial charge in [-0.3, -0.25) is 0 Å². The third-order valence-corrected chi connectivity index (χ3v) is 3.21. The van der Waals surface area contributed by atoms with Crippen LogP contribution in [-0.2, 0) is 12.1 Å². The van der Waals surface area contributed by atoms with E-state index in [1.807, 2.05) is 33.2 Å². The molecule has 1 aromatic carbocycles. The Hall–Kier alpha value is -1.32. The van der Waals surface area contributed by atoms with E-state index in [-0.39, 0.29) is 0 Å². The summed E-state index contributed by atoms with van der Waals surface area (Å²) in [6.45, 7) is 2.81. The second kappa shape index (κ2) is 4.51. The van der Waals surface area contributed by atoms with Crippen molar-refractivity contribution in [1.29, 1.82) is 0 Å². The van der Waals surface area contributed by atoms with E-state index in [4.69, 9.17) is 0 Å². The molecule has 3 nitrogen and oxygen atoms in total. The summed E-state index contributed by atoms with van der Waals surface area (Å²) >= 11 is 0. The van der Waals surface area contributed by atoms with Gasteiger partial charge in [-0.25, -0.2) is 0 Å². The summed E-state index contributed by atoms with van der Waals surface area (Å²) in [5, 5.41) is 14.2. The molecule has 0 amide bonds. The molecule has 2 aromatic rings. The first kappa shape index (κ1) is 12.1. The van der Waals surface area contributed by atoms with Gasteiger partial charge in [-0.1, -0.05) is 18.2 Å². The van der Waals surface area contributed by atoms with E-state index in [0.29, 0.717) is 0 Å². The van der Waals surface area contributed by atoms with Crippen LogP contribution < -0.4 is 5.32 Å². The van der Waals surface area contributed by atoms with E-state index in [0.717, 1.165) is 18.5 Å². The lowest BCUT2D eigenvalue weighted by molar-refractivity contribution is 0.0398. The first-order chi connectivity index (χ1) is 8.10. The molecule has 0 saturated heterocycles. The number of rotatable bonds is 0. The SMILES string of the molecule is CC1(O)CCn2ccc3cccc1c32.CNC. The average Bonchev–Trinajstić information content (AvgIpc) is 2.70. The molecular formula is C14H20N2O. The van der Waals surface area contributed by atoms with Crippen molar-refractivity contribution < 1.29 is 5.11 Å². The molecule has 1 atom stereocenters. The lowest BCUT2D eigenvalue weighted by atomic mass is 9.89. The highest BCUT2D eigenvalue weighted by Gasteiger charge is 2.29. The van der Waals surface area contributed by atoms with Gasteiger partial charge in [0.1, 0.15) is 0 Å². The molecule has 0 radical (unpaired) electrons. The largest absolute Gasteiger partial charge is 0.385 e. The van der Waals surface area contributed by atoms with E-state index in [1.165, 1.54) is 10.9 Å². The number of para-hydroxylation sites is 1. The van der Waals surface area contributed by atoms with Crippen LogP contribution in [0.15, 0.2) is 30.5 Å². The number of aliphatic hydroxyl groups is 1. The Bertz CT molecular complexity index is 514. The normalized spacial score (nSPS) is 22.1. The monoisotopic (exact) mass is 232 g/mol. The van der Waals surface area contributed by atoms with Crippen LogP contribution in [0.4, 0.5) is 0 Å². The molecule has 92 valence electrons. The molecule has 0 bridgehead atoms. The average molecular weight is 232 g/mol. The minimum absolute atomic E-state index is 0.659. The fourth-order valence-electron chi connectivity index (χ4n) is 2.35. The van der Waals surface area contributed by atoms with Crippen LogP contribution in [0.5, 0.6) is 0 Å². The van der Waals surface area contributed by atoms with E-state index in [2.05, 4.69) is 28.2 Å². The summed E-state index contributed by atoms with van der Waals surface area (Å²) in [5.41, 5.74) is 1.60. The first-order valence-electron chi connectivity index (χ1n) is 5.99. The van der Waals surface area contributed by atoms with Crippen LogP contribution in [-0.4, -0.2) is 23.8 Å². The summed E-state index contributed by atoms with van der Waals surface area (Å²) in [6.07, 6.45) is 2.90. The minimum atomic E-state index is -0.659. The maximum absolute atomic E-state index is 10.2. The number of aromatic nitrogens is 1. The van der Waals surface area contributed by atoms with Crippen LogP contribution >= 0.6 is 0 Å². The van der Waals surface area contributed by atoms with E-state index < -0.39 is 5.60 Å². The third-order valence-electron chi connectivity index (χ3n) is 3.21. The Kier molecular flexibility index (Phi) is 3.22. The number of benzene rings is 1. The van der Waals surface area contributed by atoms with Crippen molar-refractivity contribution in [3.05, 3.63) is 36.0 Å². The zero-order valence-corrected chi connectivity index (χ0v) is 10.7. The van der Waals surface area contributed by atoms with Crippen LogP contribution in [0, 0.1) is 0 Å². The Morgan fingerprint density at radius 3 is 2.71 bits per heavy atom. The molecule has 0 aliphatic carbocycles. The zero-order valence-electron chi connectivity index (χ0n) is 10.7. The van der Waals surface area contributed by atoms with Crippen molar-refractivity contribution in [3.8, 4) is 0 Å². The molecule has 1 aliphatic heterocycles. The van der Waals surface area contributed by atoms with Gasteiger partial charge in [-0.2, -0.15) is 0 Å². The Labute approximate surface area is 102 Å². The van der Waals surface area contributed by atoms with Gasteiger partial charge in [0, 0.05) is 18.3 Å². The molecule has 2 N–H and O–H groups in total. The van der Waals surface area contributed by atoms with Gasteiger partial charge in [0.15, 0.2) is 0 Å². The van der Waals surface area contributed by atoms with Gasteiger partial charge in [-0.15, -0.1) is 0 Å². The molecule has 3 heteroatoms. The van der Waals surface area contributed by atoms with E-state index in [1.54, 1.807) is 0 Å². The summed E-state index contributed by atoms with van der Waals surface area (Å²) in [6, 6.07) is 8.25. The number of nitrogens with zero attached hydrogens (tertiary/aromatic N) is 1. The molecule has 3 rings (SSSR count). The van der Waals surface area contributed by atoms with Crippen molar-refractivity contribution in [3.63, 3.8) is 0 Å². The van der Waals surface area contributed by atoms with E-state index in [9.17, 15) is 5.11 Å². The second-order valence-corrected chi connectivity index (χ2v) is 4.78. The molecule has 2 heterocycles. The lowest BCUT2D eigenvalue weighted by Gasteiger charge is -2.30. The molecule has 1 aliphatic rings. The Morgan fingerprint density at radius 2 is 2.00 bits per heavy atom. The fourth-order valence-corrected chi connectivity index (χ4v) is 2.35. The van der Waals surface area contributed by atoms with Crippen LogP contribution in [0.25, 0.3) is 10.9 Å². The zero-order chi connectivity index (χ0) is 12.5. The lowest BCUT2D eigenvalue weighted by Crippen LogP contribution is -2.27. The molecule has 0 saturated carbocycles. The van der Waals surface area contributed by atoms with Gasteiger partial charge in [-0.05, 0) is 38.9 Å². The summed E-state index contributed by atoms with van der Waals surface area (Å²) in [7, 11) is 3.75. The maximum Gasteiger partial charge on any atom is 0.0905 e. The predicted molar refractivity (Wildman–Crippen MR) is 71.1 cm³/mol. The fraction of sp³-hybridized carbons (Fsp3) is 0.429. The third kappa shape index (κ3) is 2.08. The topological polar surface area (TPSA) is 37.2 Å². The highest BCUT2D eigenvalue weighted by molar-refractivity contribution is 5.84. The van der Waals surface area contributed by atoms with Crippen molar-refractivity contribution in [2.24, 2.45) is 0 Å². The highest BCUT2D eigenvalue weighted by atomic mass is 16.3. The molecule has 0 spiro atoms. The molecule has 1 unspecified atom stereocenters. The molecular weight excluding hydrogens is 212 g/mol. The quantitative estimate of drug-likeness (QED) is 0.730. The summed E-state index contributed by atoms with van der Waals surface area (Å²) < 4.78 is 2.22. The molecule has 1 aromatic heterocycles. The summed E-state index contributed by atoms with van der Waals surface area (Å²) in [5.74, 6) is 0. The number of hydrogen-bond donors (Lipinski definition) is 2. The second-order valence-electron chi connectivity index (χ2n) is 4.78. The Balaban J connectivity index is 0.000000329. The Morgan fingerprint density at radius 1 is 1.29 bits per heavy atom. The van der Waals surface area contributed by atoms with Crippen molar-refractivity contribution in [1.82, 2.24) is 9.88 Å². The standard InChI is InChI=1S/C12H13NO.C2H7N/c1-12(14)6-8-13-7-5-9-3-2-4-10(12)11(9)13;1-3-2/h2-5,7,14H,6,8H2,1H3;3H,1-2H3. The highest BCUT2D eigenvalue weighted by Crippen LogP contribution is 2.36. The smallest absolute Gasteiger partial charge is 0.0905 e. The van der Waals surface area contributed by atoms with Gasteiger partial charge >= 0.3 is 0 Å². The van der Waals surface area contributed by atoms with Gasteiger partial charge in [0.05, 0.1) is 11.1 Å². The number of hydrogen-bond acceptors (Lipinski definition) is 2. The first-order valence-corrected chi connectivity index (χ1v) is 5.99. The summed E-state index contributed by atoms with van der Waals surface area (Å²) in [4.78, 5) is 0. The van der Waals surface area contributed by atoms with Crippen LogP contribution in [0.1, 0.15) is 18.9 Å². The van der Waals surface area contributed by atoms with Crippen molar-refractivity contribution in [2.75, 3.05) is 14.1 Å².